The predicted molar refractivity (Wildman–Crippen MR) is 128 cm³/mol. The standard InChI is InChI=1S/C26H25F3N6O/c1-25(10-11-25)31-24(36)17-5-4-16-6-8-19(30-20(16)14-17)23-33-32-21-9-7-18(15-35(21)23)22(26(27,28)29)34-12-2-3-13-34/h4-9,14-15,22H,2-3,10-13H2,1H3,(H,31,36). The molecule has 4 heterocycles. The highest BCUT2D eigenvalue weighted by Crippen LogP contribution is 2.39. The minimum Gasteiger partial charge on any atom is -0.347 e. The molecule has 1 saturated heterocycles. The zero-order valence-electron chi connectivity index (χ0n) is 19.7. The fourth-order valence-electron chi connectivity index (χ4n) is 4.89. The zero-order valence-corrected chi connectivity index (χ0v) is 19.7. The smallest absolute Gasteiger partial charge is 0.347 e. The van der Waals surface area contributed by atoms with E-state index < -0.39 is 12.2 Å². The van der Waals surface area contributed by atoms with Crippen LogP contribution < -0.4 is 5.32 Å². The molecule has 1 atom stereocenters. The Labute approximate surface area is 205 Å². The van der Waals surface area contributed by atoms with Crippen LogP contribution in [0.2, 0.25) is 0 Å². The van der Waals surface area contributed by atoms with Gasteiger partial charge in [-0.3, -0.25) is 14.1 Å². The van der Waals surface area contributed by atoms with Gasteiger partial charge in [0.15, 0.2) is 11.5 Å². The van der Waals surface area contributed by atoms with Gasteiger partial charge >= 0.3 is 6.18 Å². The minimum atomic E-state index is -4.40. The average molecular weight is 495 g/mol. The molecule has 186 valence electrons. The second-order valence-corrected chi connectivity index (χ2v) is 10.0. The Kier molecular flexibility index (Phi) is 5.26. The lowest BCUT2D eigenvalue weighted by Crippen LogP contribution is -2.36. The van der Waals surface area contributed by atoms with Crippen LogP contribution in [-0.4, -0.2) is 55.2 Å². The van der Waals surface area contributed by atoms with Crippen LogP contribution in [0.1, 0.15) is 54.6 Å². The van der Waals surface area contributed by atoms with Crippen molar-refractivity contribution >= 4 is 22.5 Å². The lowest BCUT2D eigenvalue weighted by molar-refractivity contribution is -0.183. The number of carbonyl (C=O) groups is 1. The van der Waals surface area contributed by atoms with Gasteiger partial charge < -0.3 is 5.32 Å². The van der Waals surface area contributed by atoms with Crippen LogP contribution in [-0.2, 0) is 0 Å². The van der Waals surface area contributed by atoms with Crippen LogP contribution in [0, 0.1) is 0 Å². The van der Waals surface area contributed by atoms with Gasteiger partial charge in [0.25, 0.3) is 5.91 Å². The predicted octanol–water partition coefficient (Wildman–Crippen LogP) is 4.93. The van der Waals surface area contributed by atoms with Gasteiger partial charge in [0, 0.05) is 22.7 Å². The maximum Gasteiger partial charge on any atom is 0.408 e. The summed E-state index contributed by atoms with van der Waals surface area (Å²) in [5, 5.41) is 12.2. The lowest BCUT2D eigenvalue weighted by Gasteiger charge is -2.29. The minimum absolute atomic E-state index is 0.136. The molecule has 0 bridgehead atoms. The van der Waals surface area contributed by atoms with E-state index in [2.05, 4.69) is 20.5 Å². The number of benzene rings is 1. The first-order chi connectivity index (χ1) is 17.2. The van der Waals surface area contributed by atoms with Gasteiger partial charge in [-0.15, -0.1) is 10.2 Å². The summed E-state index contributed by atoms with van der Waals surface area (Å²) in [6.45, 7) is 2.84. The number of nitrogens with zero attached hydrogens (tertiary/aromatic N) is 5. The lowest BCUT2D eigenvalue weighted by atomic mass is 10.1. The molecule has 0 spiro atoms. The van der Waals surface area contributed by atoms with Crippen LogP contribution >= 0.6 is 0 Å². The molecule has 2 aliphatic rings. The van der Waals surface area contributed by atoms with Crippen LogP contribution in [0.4, 0.5) is 13.2 Å². The summed E-state index contributed by atoms with van der Waals surface area (Å²) >= 11 is 0. The number of halogens is 3. The van der Waals surface area contributed by atoms with Crippen molar-refractivity contribution in [2.24, 2.45) is 0 Å². The van der Waals surface area contributed by atoms with E-state index >= 15 is 0 Å². The van der Waals surface area contributed by atoms with Crippen molar-refractivity contribution in [2.75, 3.05) is 13.1 Å². The summed E-state index contributed by atoms with van der Waals surface area (Å²) in [5.41, 5.74) is 2.01. The van der Waals surface area contributed by atoms with E-state index in [1.54, 1.807) is 28.7 Å². The van der Waals surface area contributed by atoms with Crippen molar-refractivity contribution in [3.8, 4) is 11.5 Å². The summed E-state index contributed by atoms with van der Waals surface area (Å²) in [7, 11) is 0. The average Bonchev–Trinajstić information content (AvgIpc) is 3.22. The molecule has 1 N–H and O–H groups in total. The van der Waals surface area contributed by atoms with E-state index in [1.807, 2.05) is 19.1 Å². The second kappa shape index (κ2) is 8.26. The largest absolute Gasteiger partial charge is 0.408 e. The van der Waals surface area contributed by atoms with Crippen molar-refractivity contribution in [3.63, 3.8) is 0 Å². The first-order valence-electron chi connectivity index (χ1n) is 12.1. The van der Waals surface area contributed by atoms with E-state index in [1.165, 1.54) is 17.2 Å². The van der Waals surface area contributed by atoms with Gasteiger partial charge in [-0.05, 0) is 75.5 Å². The van der Waals surface area contributed by atoms with E-state index in [9.17, 15) is 18.0 Å². The Bertz CT molecular complexity index is 1470. The Morgan fingerprint density at radius 3 is 2.53 bits per heavy atom. The molecule has 10 heteroatoms. The number of nitrogens with one attached hydrogen (secondary N) is 1. The van der Waals surface area contributed by atoms with Crippen LogP contribution in [0.25, 0.3) is 28.1 Å². The molecule has 1 aliphatic heterocycles. The van der Waals surface area contributed by atoms with Crippen LogP contribution in [0.3, 0.4) is 0 Å². The molecule has 2 fully saturated rings. The van der Waals surface area contributed by atoms with E-state index in [0.29, 0.717) is 41.3 Å². The quantitative estimate of drug-likeness (QED) is 0.426. The maximum atomic E-state index is 14.1. The molecule has 1 aromatic carbocycles. The molecule has 1 unspecified atom stereocenters. The molecule has 0 radical (unpaired) electrons. The molecule has 1 saturated carbocycles. The van der Waals surface area contributed by atoms with Crippen LogP contribution in [0.15, 0.2) is 48.7 Å². The van der Waals surface area contributed by atoms with Crippen molar-refractivity contribution in [1.82, 2.24) is 29.8 Å². The Hall–Kier alpha value is -3.53. The number of amides is 1. The number of fused-ring (bicyclic) bond motifs is 2. The summed E-state index contributed by atoms with van der Waals surface area (Å²) in [4.78, 5) is 18.8. The summed E-state index contributed by atoms with van der Waals surface area (Å²) < 4.78 is 43.8. The number of likely N-dealkylation sites (tertiary alicyclic amines) is 1. The van der Waals surface area contributed by atoms with Crippen molar-refractivity contribution < 1.29 is 18.0 Å². The van der Waals surface area contributed by atoms with Gasteiger partial charge in [-0.25, -0.2) is 4.98 Å². The third-order valence-electron chi connectivity index (χ3n) is 7.16. The number of alkyl halides is 3. The highest BCUT2D eigenvalue weighted by Gasteiger charge is 2.45. The van der Waals surface area contributed by atoms with E-state index in [4.69, 9.17) is 0 Å². The molecule has 1 aliphatic carbocycles. The Balaban J connectivity index is 1.38. The number of hydrogen-bond donors (Lipinski definition) is 1. The zero-order chi connectivity index (χ0) is 25.1. The van der Waals surface area contributed by atoms with Crippen molar-refractivity contribution in [2.45, 2.75) is 50.4 Å². The van der Waals surface area contributed by atoms with Crippen molar-refractivity contribution in [1.29, 1.82) is 0 Å². The van der Waals surface area contributed by atoms with Gasteiger partial charge in [-0.2, -0.15) is 13.2 Å². The monoisotopic (exact) mass is 494 g/mol. The molecule has 1 amide bonds. The third kappa shape index (κ3) is 4.19. The van der Waals surface area contributed by atoms with E-state index in [-0.39, 0.29) is 17.0 Å². The number of hydrogen-bond acceptors (Lipinski definition) is 5. The highest BCUT2D eigenvalue weighted by atomic mass is 19.4. The number of pyridine rings is 2. The molecular formula is C26H25F3N6O. The summed E-state index contributed by atoms with van der Waals surface area (Å²) in [5.74, 6) is 0.193. The third-order valence-corrected chi connectivity index (χ3v) is 7.16. The Morgan fingerprint density at radius 2 is 1.81 bits per heavy atom. The van der Waals surface area contributed by atoms with Gasteiger partial charge in [0.1, 0.15) is 11.7 Å². The SMILES string of the molecule is CC1(NC(=O)c2ccc3ccc(-c4nnc5ccc(C(N6CCCC6)C(F)(F)F)cn45)nc3c2)CC1. The summed E-state index contributed by atoms with van der Waals surface area (Å²) in [6.07, 6.45) is 0.502. The molecule has 3 aromatic heterocycles. The molecular weight excluding hydrogens is 469 g/mol. The molecule has 36 heavy (non-hydrogen) atoms. The van der Waals surface area contributed by atoms with Gasteiger partial charge in [0.05, 0.1) is 5.52 Å². The second-order valence-electron chi connectivity index (χ2n) is 10.0. The van der Waals surface area contributed by atoms with E-state index in [0.717, 1.165) is 31.1 Å². The molecule has 6 rings (SSSR count). The maximum absolute atomic E-state index is 14.1. The fourth-order valence-corrected chi connectivity index (χ4v) is 4.89. The topological polar surface area (TPSA) is 75.4 Å². The normalized spacial score (nSPS) is 18.6. The molecule has 4 aromatic rings. The fraction of sp³-hybridized carbons (Fsp3) is 0.385. The van der Waals surface area contributed by atoms with Gasteiger partial charge in [-0.1, -0.05) is 18.2 Å². The number of rotatable bonds is 5. The summed E-state index contributed by atoms with van der Waals surface area (Å²) in [6, 6.07) is 10.3. The highest BCUT2D eigenvalue weighted by molar-refractivity contribution is 5.98. The Morgan fingerprint density at radius 1 is 1.06 bits per heavy atom. The first kappa shape index (κ1) is 22.9. The number of carbonyl (C=O) groups excluding carboxylic acids is 1. The molecule has 7 nitrogen and oxygen atoms in total. The van der Waals surface area contributed by atoms with Gasteiger partial charge in [0.2, 0.25) is 0 Å². The van der Waals surface area contributed by atoms with Crippen molar-refractivity contribution in [3.05, 3.63) is 59.8 Å². The van der Waals surface area contributed by atoms with Crippen LogP contribution in [0.5, 0.6) is 0 Å². The first-order valence-corrected chi connectivity index (χ1v) is 12.1. The number of aromatic nitrogens is 4.